The zero-order valence-corrected chi connectivity index (χ0v) is 14.5. The molecule has 138 valence electrons. The molecule has 3 rings (SSSR count). The van der Waals surface area contributed by atoms with Crippen LogP contribution in [0, 0.1) is 0 Å². The molecule has 1 saturated carbocycles. The van der Waals surface area contributed by atoms with Crippen molar-refractivity contribution in [2.24, 2.45) is 0 Å². The molecule has 1 heterocycles. The number of rotatable bonds is 5. The molecule has 3 N–H and O–H groups in total. The van der Waals surface area contributed by atoms with Crippen molar-refractivity contribution >= 4 is 5.91 Å². The van der Waals surface area contributed by atoms with Crippen LogP contribution >= 0.6 is 0 Å². The summed E-state index contributed by atoms with van der Waals surface area (Å²) in [7, 11) is 0. The van der Waals surface area contributed by atoms with Crippen molar-refractivity contribution in [2.45, 2.75) is 51.1 Å². The van der Waals surface area contributed by atoms with Crippen LogP contribution < -0.4 is 16.6 Å². The van der Waals surface area contributed by atoms with Crippen molar-refractivity contribution in [1.29, 1.82) is 0 Å². The molecular weight excluding hydrogens is 334 g/mol. The monoisotopic (exact) mass is 357 g/mol. The highest BCUT2D eigenvalue weighted by Crippen LogP contribution is 2.18. The van der Waals surface area contributed by atoms with E-state index in [9.17, 15) is 19.5 Å². The molecule has 1 aliphatic carbocycles. The number of nitrogens with one attached hydrogen (secondary N) is 2. The Hall–Kier alpha value is -2.83. The lowest BCUT2D eigenvalue weighted by Crippen LogP contribution is -2.41. The van der Waals surface area contributed by atoms with E-state index < -0.39 is 28.6 Å². The molecule has 1 aromatic carbocycles. The van der Waals surface area contributed by atoms with Gasteiger partial charge in [0, 0.05) is 12.6 Å². The van der Waals surface area contributed by atoms with Gasteiger partial charge in [-0.05, 0) is 24.8 Å². The third-order valence-corrected chi connectivity index (χ3v) is 4.81. The van der Waals surface area contributed by atoms with Crippen molar-refractivity contribution in [1.82, 2.24) is 14.9 Å². The molecule has 2 aromatic rings. The first-order valence-corrected chi connectivity index (χ1v) is 8.97. The van der Waals surface area contributed by atoms with Crippen molar-refractivity contribution in [3.8, 4) is 5.88 Å². The van der Waals surface area contributed by atoms with Gasteiger partial charge in [-0.3, -0.25) is 19.1 Å². The highest BCUT2D eigenvalue weighted by Gasteiger charge is 2.24. The van der Waals surface area contributed by atoms with Crippen LogP contribution in [-0.4, -0.2) is 26.6 Å². The van der Waals surface area contributed by atoms with E-state index in [4.69, 9.17) is 0 Å². The number of carbonyl (C=O) groups excluding carboxylic acids is 1. The van der Waals surface area contributed by atoms with E-state index in [1.54, 1.807) is 0 Å². The van der Waals surface area contributed by atoms with Crippen LogP contribution in [0.5, 0.6) is 5.88 Å². The number of aryl methyl sites for hydroxylation is 1. The van der Waals surface area contributed by atoms with Crippen molar-refractivity contribution in [3.63, 3.8) is 0 Å². The minimum Gasteiger partial charge on any atom is -0.494 e. The Labute approximate surface area is 150 Å². The molecule has 7 heteroatoms. The maximum Gasteiger partial charge on any atom is 0.331 e. The summed E-state index contributed by atoms with van der Waals surface area (Å²) < 4.78 is 1.03. The van der Waals surface area contributed by atoms with Gasteiger partial charge in [0.25, 0.3) is 11.5 Å². The number of H-pyrrole nitrogens is 1. The zero-order valence-electron chi connectivity index (χ0n) is 14.5. The van der Waals surface area contributed by atoms with E-state index in [2.05, 4.69) is 10.3 Å². The lowest BCUT2D eigenvalue weighted by Gasteiger charge is -2.22. The molecule has 0 aliphatic heterocycles. The second-order valence-electron chi connectivity index (χ2n) is 6.65. The second kappa shape index (κ2) is 8.03. The molecule has 1 amide bonds. The number of benzene rings is 1. The summed E-state index contributed by atoms with van der Waals surface area (Å²) in [6.45, 7) is 0.162. The fourth-order valence-corrected chi connectivity index (χ4v) is 3.36. The highest BCUT2D eigenvalue weighted by atomic mass is 16.3. The number of aromatic amines is 1. The first-order valence-electron chi connectivity index (χ1n) is 8.97. The van der Waals surface area contributed by atoms with Crippen LogP contribution in [-0.2, 0) is 13.0 Å². The van der Waals surface area contributed by atoms with E-state index in [0.29, 0.717) is 6.42 Å². The predicted octanol–water partition coefficient (Wildman–Crippen LogP) is 1.55. The summed E-state index contributed by atoms with van der Waals surface area (Å²) in [5.41, 5.74) is -1.00. The number of nitrogens with zero attached hydrogens (tertiary/aromatic N) is 1. The average molecular weight is 357 g/mol. The lowest BCUT2D eigenvalue weighted by molar-refractivity contribution is 0.0921. The third kappa shape index (κ3) is 4.04. The van der Waals surface area contributed by atoms with Crippen LogP contribution in [0.2, 0.25) is 0 Å². The Bertz CT molecular complexity index is 880. The van der Waals surface area contributed by atoms with Crippen molar-refractivity contribution in [3.05, 3.63) is 62.3 Å². The molecule has 7 nitrogen and oxygen atoms in total. The molecular formula is C19H23N3O4. The van der Waals surface area contributed by atoms with Gasteiger partial charge in [0.1, 0.15) is 0 Å². The van der Waals surface area contributed by atoms with Crippen LogP contribution in [0.1, 0.15) is 48.0 Å². The maximum atomic E-state index is 12.5. The number of amides is 1. The Balaban J connectivity index is 1.82. The Kier molecular flexibility index (Phi) is 5.55. The summed E-state index contributed by atoms with van der Waals surface area (Å²) in [6.07, 6.45) is 5.41. The first kappa shape index (κ1) is 18.0. The van der Waals surface area contributed by atoms with E-state index >= 15 is 0 Å². The second-order valence-corrected chi connectivity index (χ2v) is 6.65. The number of hydrogen-bond donors (Lipinski definition) is 3. The largest absolute Gasteiger partial charge is 0.494 e. The van der Waals surface area contributed by atoms with Crippen LogP contribution in [0.25, 0.3) is 0 Å². The Morgan fingerprint density at radius 2 is 1.85 bits per heavy atom. The maximum absolute atomic E-state index is 12.5. The van der Waals surface area contributed by atoms with Gasteiger partial charge in [0.2, 0.25) is 5.88 Å². The van der Waals surface area contributed by atoms with Gasteiger partial charge in [-0.2, -0.15) is 0 Å². The third-order valence-electron chi connectivity index (χ3n) is 4.81. The van der Waals surface area contributed by atoms with Gasteiger partial charge >= 0.3 is 5.69 Å². The lowest BCUT2D eigenvalue weighted by atomic mass is 9.95. The number of hydrogen-bond acceptors (Lipinski definition) is 4. The summed E-state index contributed by atoms with van der Waals surface area (Å²) in [5, 5.41) is 13.2. The van der Waals surface area contributed by atoms with Gasteiger partial charge < -0.3 is 10.4 Å². The summed E-state index contributed by atoms with van der Waals surface area (Å²) >= 11 is 0. The molecule has 0 spiro atoms. The van der Waals surface area contributed by atoms with Gasteiger partial charge in [-0.15, -0.1) is 0 Å². The van der Waals surface area contributed by atoms with Crippen molar-refractivity contribution < 1.29 is 9.90 Å². The highest BCUT2D eigenvalue weighted by molar-refractivity contribution is 5.96. The number of aromatic hydroxyl groups is 1. The molecule has 26 heavy (non-hydrogen) atoms. The smallest absolute Gasteiger partial charge is 0.331 e. The van der Waals surface area contributed by atoms with E-state index in [1.807, 2.05) is 30.3 Å². The van der Waals surface area contributed by atoms with Gasteiger partial charge in [0.05, 0.1) is 0 Å². The summed E-state index contributed by atoms with van der Waals surface area (Å²) in [5.74, 6) is -1.22. The minimum absolute atomic E-state index is 0.000234. The topological polar surface area (TPSA) is 104 Å². The van der Waals surface area contributed by atoms with Crippen molar-refractivity contribution in [2.75, 3.05) is 0 Å². The number of aromatic nitrogens is 2. The molecule has 0 atom stereocenters. The van der Waals surface area contributed by atoms with E-state index in [1.165, 1.54) is 0 Å². The van der Waals surface area contributed by atoms with Crippen LogP contribution in [0.4, 0.5) is 0 Å². The van der Waals surface area contributed by atoms with E-state index in [0.717, 1.165) is 42.2 Å². The van der Waals surface area contributed by atoms with Crippen LogP contribution in [0.3, 0.4) is 0 Å². The molecule has 0 radical (unpaired) electrons. The normalized spacial score (nSPS) is 14.9. The minimum atomic E-state index is -0.864. The zero-order chi connectivity index (χ0) is 18.5. The molecule has 0 saturated heterocycles. The fraction of sp³-hybridized carbons (Fsp3) is 0.421. The molecule has 0 bridgehead atoms. The van der Waals surface area contributed by atoms with Gasteiger partial charge in [-0.1, -0.05) is 49.6 Å². The van der Waals surface area contributed by atoms with Crippen LogP contribution in [0.15, 0.2) is 39.9 Å². The first-order chi connectivity index (χ1) is 12.6. The molecule has 0 unspecified atom stereocenters. The average Bonchev–Trinajstić information content (AvgIpc) is 2.63. The number of carbonyl (C=O) groups is 1. The molecule has 1 fully saturated rings. The SMILES string of the molecule is O=C(NC1CCCCC1)c1c(O)n(CCc2ccccc2)c(=O)[nH]c1=O. The van der Waals surface area contributed by atoms with E-state index in [-0.39, 0.29) is 12.6 Å². The summed E-state index contributed by atoms with van der Waals surface area (Å²) in [4.78, 5) is 38.8. The quantitative estimate of drug-likeness (QED) is 0.755. The fourth-order valence-electron chi connectivity index (χ4n) is 3.36. The molecule has 1 aromatic heterocycles. The predicted molar refractivity (Wildman–Crippen MR) is 97.5 cm³/mol. The summed E-state index contributed by atoms with van der Waals surface area (Å²) in [6, 6.07) is 9.47. The Morgan fingerprint density at radius 3 is 2.54 bits per heavy atom. The molecule has 1 aliphatic rings. The Morgan fingerprint density at radius 1 is 1.15 bits per heavy atom. The standard InChI is InChI=1S/C19H23N3O4/c23-16(20-14-9-5-2-6-10-14)15-17(24)21-19(26)22(18(15)25)12-11-13-7-3-1-4-8-13/h1,3-4,7-8,14,25H,2,5-6,9-12H2,(H,20,23)(H,21,24,26). The van der Waals surface area contributed by atoms with Gasteiger partial charge in [0.15, 0.2) is 5.56 Å². The van der Waals surface area contributed by atoms with Gasteiger partial charge in [-0.25, -0.2) is 4.79 Å².